The minimum atomic E-state index is 0. The second kappa shape index (κ2) is 5.29. The first kappa shape index (κ1) is 10.6. The smallest absolute Gasteiger partial charge is 0.0991 e. The lowest BCUT2D eigenvalue weighted by atomic mass is 10.2. The Morgan fingerprint density at radius 2 is 1.82 bits per heavy atom. The summed E-state index contributed by atoms with van der Waals surface area (Å²) in [5.74, 6) is 0. The molecule has 1 atom stereocenters. The number of benzene rings is 1. The Kier molecular flexibility index (Phi) is 5.11. The summed E-state index contributed by atoms with van der Waals surface area (Å²) in [6.45, 7) is 0. The fourth-order valence-corrected chi connectivity index (χ4v) is 1.08. The molecule has 0 aliphatic rings. The van der Waals surface area contributed by atoms with Crippen LogP contribution >= 0.6 is 9.24 Å². The van der Waals surface area contributed by atoms with Crippen LogP contribution in [0.3, 0.4) is 0 Å². The molecule has 0 radical (unpaired) electrons. The average molecular weight is 230 g/mol. The molecular weight excluding hydrogens is 221 g/mol. The maximum Gasteiger partial charge on any atom is 0.0991 e. The lowest BCUT2D eigenvalue weighted by molar-refractivity contribution is -0.00000220. The molecular formula is C8H9BrNP. The standard InChI is InChI=1S/C8H8NP.BrH/c9-5-7-1-3-8(6-10)4-2-7;/h1-4H,6,10H2;1H. The van der Waals surface area contributed by atoms with E-state index in [2.05, 4.69) is 6.07 Å². The van der Waals surface area contributed by atoms with Crippen molar-refractivity contribution < 1.29 is 17.0 Å². The third-order valence-corrected chi connectivity index (χ3v) is 1.95. The molecule has 0 saturated carbocycles. The zero-order valence-corrected chi connectivity index (χ0v) is 9.05. The normalized spacial score (nSPS) is 8.27. The summed E-state index contributed by atoms with van der Waals surface area (Å²) < 4.78 is 0. The molecule has 1 unspecified atom stereocenters. The van der Waals surface area contributed by atoms with E-state index in [1.165, 1.54) is 5.56 Å². The van der Waals surface area contributed by atoms with E-state index in [-0.39, 0.29) is 17.0 Å². The van der Waals surface area contributed by atoms with Gasteiger partial charge in [0.25, 0.3) is 0 Å². The quantitative estimate of drug-likeness (QED) is 0.548. The number of nitriles is 1. The maximum atomic E-state index is 8.45. The lowest BCUT2D eigenvalue weighted by Gasteiger charge is -1.90. The van der Waals surface area contributed by atoms with Crippen LogP contribution in [0, 0.1) is 11.3 Å². The molecule has 0 bridgehead atoms. The topological polar surface area (TPSA) is 23.8 Å². The molecule has 1 aromatic carbocycles. The van der Waals surface area contributed by atoms with E-state index in [1.54, 1.807) is 0 Å². The second-order valence-corrected chi connectivity index (χ2v) is 2.56. The van der Waals surface area contributed by atoms with Crippen LogP contribution in [0.2, 0.25) is 0 Å². The molecule has 3 heteroatoms. The SMILES string of the molecule is N#Cc1ccc(C[PH3+])cc1.[Br-]. The first-order valence-corrected chi connectivity index (χ1v) is 4.15. The Bertz CT molecular complexity index is 250. The van der Waals surface area contributed by atoms with Gasteiger partial charge in [-0.05, 0) is 26.9 Å². The highest BCUT2D eigenvalue weighted by molar-refractivity contribution is 7.15. The molecule has 11 heavy (non-hydrogen) atoms. The molecule has 0 aliphatic carbocycles. The van der Waals surface area contributed by atoms with Crippen molar-refractivity contribution in [2.45, 2.75) is 6.16 Å². The lowest BCUT2D eigenvalue weighted by Crippen LogP contribution is -3.00. The van der Waals surface area contributed by atoms with Gasteiger partial charge in [0.1, 0.15) is 0 Å². The van der Waals surface area contributed by atoms with Gasteiger partial charge in [-0.2, -0.15) is 5.26 Å². The van der Waals surface area contributed by atoms with Crippen molar-refractivity contribution in [1.29, 1.82) is 5.26 Å². The van der Waals surface area contributed by atoms with Crippen molar-refractivity contribution in [3.63, 3.8) is 0 Å². The van der Waals surface area contributed by atoms with E-state index in [4.69, 9.17) is 5.26 Å². The molecule has 0 spiro atoms. The van der Waals surface area contributed by atoms with Crippen LogP contribution in [0.1, 0.15) is 11.1 Å². The van der Waals surface area contributed by atoms with E-state index in [1.807, 2.05) is 33.5 Å². The zero-order chi connectivity index (χ0) is 7.40. The van der Waals surface area contributed by atoms with E-state index in [0.717, 1.165) is 11.7 Å². The van der Waals surface area contributed by atoms with Crippen LogP contribution in [0.15, 0.2) is 24.3 Å². The van der Waals surface area contributed by atoms with Crippen molar-refractivity contribution in [2.24, 2.45) is 0 Å². The summed E-state index contributed by atoms with van der Waals surface area (Å²) in [6, 6.07) is 9.76. The van der Waals surface area contributed by atoms with E-state index >= 15 is 0 Å². The number of nitrogens with zero attached hydrogens (tertiary/aromatic N) is 1. The molecule has 0 N–H and O–H groups in total. The van der Waals surface area contributed by atoms with Gasteiger partial charge in [0, 0.05) is 0 Å². The summed E-state index contributed by atoms with van der Waals surface area (Å²) in [7, 11) is 1.92. The predicted molar refractivity (Wildman–Crippen MR) is 46.0 cm³/mol. The predicted octanol–water partition coefficient (Wildman–Crippen LogP) is -1.33. The molecule has 0 heterocycles. The Balaban J connectivity index is 0.000001000. The van der Waals surface area contributed by atoms with Crippen molar-refractivity contribution in [2.75, 3.05) is 0 Å². The van der Waals surface area contributed by atoms with Crippen LogP contribution in [0.25, 0.3) is 0 Å². The average Bonchev–Trinajstić information content (AvgIpc) is 2.05. The first-order valence-electron chi connectivity index (χ1n) is 3.15. The van der Waals surface area contributed by atoms with Crippen molar-refractivity contribution >= 4 is 9.24 Å². The van der Waals surface area contributed by atoms with Gasteiger partial charge < -0.3 is 17.0 Å². The van der Waals surface area contributed by atoms with Crippen molar-refractivity contribution in [3.8, 4) is 6.07 Å². The Morgan fingerprint density at radius 1 is 1.27 bits per heavy atom. The Hall–Kier alpha value is -0.380. The first-order chi connectivity index (χ1) is 4.86. The van der Waals surface area contributed by atoms with Gasteiger partial charge in [-0.15, -0.1) is 0 Å². The van der Waals surface area contributed by atoms with Crippen LogP contribution < -0.4 is 17.0 Å². The highest BCUT2D eigenvalue weighted by atomic mass is 79.9. The fraction of sp³-hybridized carbons (Fsp3) is 0.125. The number of halogens is 1. The summed E-state index contributed by atoms with van der Waals surface area (Å²) in [5.41, 5.74) is 2.03. The van der Waals surface area contributed by atoms with Gasteiger partial charge >= 0.3 is 0 Å². The summed E-state index contributed by atoms with van der Waals surface area (Å²) in [6.07, 6.45) is 1.06. The summed E-state index contributed by atoms with van der Waals surface area (Å²) >= 11 is 0. The molecule has 0 aromatic heterocycles. The molecule has 1 nitrogen and oxygen atoms in total. The molecule has 58 valence electrons. The largest absolute Gasteiger partial charge is 1.00 e. The molecule has 0 fully saturated rings. The summed E-state index contributed by atoms with van der Waals surface area (Å²) in [4.78, 5) is 0. The zero-order valence-electron chi connectivity index (χ0n) is 6.05. The summed E-state index contributed by atoms with van der Waals surface area (Å²) in [5, 5.41) is 8.45. The molecule has 1 rings (SSSR count). The van der Waals surface area contributed by atoms with Gasteiger partial charge in [0.15, 0.2) is 0 Å². The van der Waals surface area contributed by atoms with Gasteiger partial charge in [-0.1, -0.05) is 12.1 Å². The molecule has 0 amide bonds. The fourth-order valence-electron chi connectivity index (χ4n) is 0.746. The maximum absolute atomic E-state index is 8.45. The van der Waals surface area contributed by atoms with Crippen molar-refractivity contribution in [1.82, 2.24) is 0 Å². The monoisotopic (exact) mass is 229 g/mol. The molecule has 0 aliphatic heterocycles. The van der Waals surface area contributed by atoms with E-state index < -0.39 is 0 Å². The third-order valence-electron chi connectivity index (χ3n) is 1.37. The number of rotatable bonds is 1. The second-order valence-electron chi connectivity index (χ2n) is 2.06. The van der Waals surface area contributed by atoms with Gasteiger partial charge in [0.05, 0.1) is 17.8 Å². The molecule has 1 aromatic rings. The van der Waals surface area contributed by atoms with Crippen LogP contribution in [0.4, 0.5) is 0 Å². The Labute approximate surface area is 79.4 Å². The van der Waals surface area contributed by atoms with Crippen LogP contribution in [0.5, 0.6) is 0 Å². The van der Waals surface area contributed by atoms with Gasteiger partial charge in [-0.25, -0.2) is 0 Å². The van der Waals surface area contributed by atoms with Crippen LogP contribution in [-0.4, -0.2) is 0 Å². The highest BCUT2D eigenvalue weighted by Gasteiger charge is 1.90. The third kappa shape index (κ3) is 3.01. The minimum Gasteiger partial charge on any atom is -1.00 e. The minimum absolute atomic E-state index is 0. The van der Waals surface area contributed by atoms with E-state index in [9.17, 15) is 0 Å². The van der Waals surface area contributed by atoms with E-state index in [0.29, 0.717) is 0 Å². The number of hydrogen-bond acceptors (Lipinski definition) is 1. The van der Waals surface area contributed by atoms with Crippen LogP contribution in [-0.2, 0) is 6.16 Å². The van der Waals surface area contributed by atoms with Crippen molar-refractivity contribution in [3.05, 3.63) is 35.4 Å². The number of hydrogen-bond donors (Lipinski definition) is 0. The van der Waals surface area contributed by atoms with Gasteiger partial charge in [0.2, 0.25) is 0 Å². The highest BCUT2D eigenvalue weighted by Crippen LogP contribution is 2.06. The molecule has 0 saturated heterocycles. The van der Waals surface area contributed by atoms with Gasteiger partial charge in [-0.3, -0.25) is 0 Å². The Morgan fingerprint density at radius 3 is 2.18 bits per heavy atom.